The van der Waals surface area contributed by atoms with Gasteiger partial charge in [0.25, 0.3) is 0 Å². The Kier molecular flexibility index (Phi) is 8.51. The fraction of sp³-hybridized carbons (Fsp3) is 0.450. The van der Waals surface area contributed by atoms with Crippen LogP contribution >= 0.6 is 0 Å². The van der Waals surface area contributed by atoms with Gasteiger partial charge in [-0.15, -0.1) is 0 Å². The van der Waals surface area contributed by atoms with Crippen LogP contribution in [0.5, 0.6) is 0 Å². The number of carbonyl (C=O) groups excluding carboxylic acids is 2. The van der Waals surface area contributed by atoms with Gasteiger partial charge in [0.1, 0.15) is 6.61 Å². The van der Waals surface area contributed by atoms with Crippen molar-refractivity contribution in [2.75, 3.05) is 26.7 Å². The van der Waals surface area contributed by atoms with E-state index in [9.17, 15) is 9.59 Å². The van der Waals surface area contributed by atoms with Gasteiger partial charge in [-0.1, -0.05) is 29.8 Å². The number of aromatic nitrogens is 2. The molecule has 0 saturated carbocycles. The fourth-order valence-corrected chi connectivity index (χ4v) is 2.85. The Hall–Kier alpha value is -2.67. The third kappa shape index (κ3) is 7.22. The van der Waals surface area contributed by atoms with E-state index in [0.717, 1.165) is 44.3 Å². The smallest absolute Gasteiger partial charge is 0.410 e. The first-order valence-electron chi connectivity index (χ1n) is 9.18. The lowest BCUT2D eigenvalue weighted by molar-refractivity contribution is 0.0824. The highest BCUT2D eigenvalue weighted by molar-refractivity contribution is 5.73. The predicted octanol–water partition coefficient (Wildman–Crippen LogP) is 2.79. The van der Waals surface area contributed by atoms with Crippen molar-refractivity contribution in [1.29, 1.82) is 0 Å². The largest absolute Gasteiger partial charge is 0.445 e. The van der Waals surface area contributed by atoms with E-state index >= 15 is 0 Å². The number of hydrogen-bond acceptors (Lipinski definition) is 5. The molecule has 146 valence electrons. The molecule has 1 aromatic heterocycles. The molecule has 7 nitrogen and oxygen atoms in total. The summed E-state index contributed by atoms with van der Waals surface area (Å²) >= 11 is 0. The van der Waals surface area contributed by atoms with E-state index in [1.165, 1.54) is 18.0 Å². The Morgan fingerprint density at radius 2 is 2.04 bits per heavy atom. The Bertz CT molecular complexity index is 678. The van der Waals surface area contributed by atoms with Crippen molar-refractivity contribution in [3.8, 4) is 0 Å². The van der Waals surface area contributed by atoms with Crippen molar-refractivity contribution < 1.29 is 14.3 Å². The van der Waals surface area contributed by atoms with Gasteiger partial charge < -0.3 is 15.0 Å². The number of benzene rings is 1. The summed E-state index contributed by atoms with van der Waals surface area (Å²) in [5.74, 6) is 0.682. The molecule has 0 atom stereocenters. The lowest BCUT2D eigenvalue weighted by atomic mass is 9.97. The fourth-order valence-electron chi connectivity index (χ4n) is 2.85. The van der Waals surface area contributed by atoms with Gasteiger partial charge in [0, 0.05) is 19.3 Å². The van der Waals surface area contributed by atoms with E-state index in [2.05, 4.69) is 15.5 Å². The minimum Gasteiger partial charge on any atom is -0.445 e. The van der Waals surface area contributed by atoms with Crippen LogP contribution in [0.25, 0.3) is 0 Å². The molecule has 1 fully saturated rings. The molecule has 1 aliphatic rings. The summed E-state index contributed by atoms with van der Waals surface area (Å²) < 4.78 is 5.37. The molecule has 1 aromatic carbocycles. The number of aromatic amines is 1. The van der Waals surface area contributed by atoms with Crippen LogP contribution in [0.2, 0.25) is 0 Å². The maximum Gasteiger partial charge on any atom is 0.410 e. The average molecular weight is 372 g/mol. The maximum absolute atomic E-state index is 12.0. The molecule has 0 spiro atoms. The number of aldehydes is 1. The number of amides is 1. The van der Waals surface area contributed by atoms with Crippen LogP contribution in [-0.2, 0) is 11.3 Å². The van der Waals surface area contributed by atoms with Crippen LogP contribution < -0.4 is 5.32 Å². The van der Waals surface area contributed by atoms with Crippen LogP contribution in [0, 0.1) is 12.8 Å². The number of H-pyrrole nitrogens is 1. The summed E-state index contributed by atoms with van der Waals surface area (Å²) in [4.78, 5) is 23.6. The number of ether oxygens (including phenoxy) is 1. The lowest BCUT2D eigenvalue weighted by Gasteiger charge is -2.31. The first-order valence-corrected chi connectivity index (χ1v) is 9.18. The average Bonchev–Trinajstić information content (AvgIpc) is 3.23. The zero-order valence-corrected chi connectivity index (χ0v) is 16.0. The molecular formula is C20H28N4O3. The lowest BCUT2D eigenvalue weighted by Crippen LogP contribution is -2.40. The normalized spacial score (nSPS) is 14.2. The Balaban J connectivity index is 0.000000313. The van der Waals surface area contributed by atoms with Gasteiger partial charge in [-0.3, -0.25) is 9.89 Å². The Labute approximate surface area is 160 Å². The number of piperidine rings is 1. The van der Waals surface area contributed by atoms with Gasteiger partial charge >= 0.3 is 6.09 Å². The first kappa shape index (κ1) is 20.6. The van der Waals surface area contributed by atoms with Gasteiger partial charge in [0.2, 0.25) is 0 Å². The van der Waals surface area contributed by atoms with E-state index < -0.39 is 0 Å². The molecule has 2 heterocycles. The number of hydrogen-bond donors (Lipinski definition) is 2. The summed E-state index contributed by atoms with van der Waals surface area (Å²) in [6, 6.07) is 8.07. The standard InChI is InChI=1S/C16H24N2O2.C4H4N2O/c1-13-3-5-15(6-4-13)12-20-16(19)18-9-7-14(8-10-18)11-17-2;7-3-4-1-5-6-2-4/h3-6,14,17H,7-12H2,1-2H3;1-3H,(H,5,6). The van der Waals surface area contributed by atoms with Crippen LogP contribution in [0.15, 0.2) is 36.7 Å². The Morgan fingerprint density at radius 1 is 1.33 bits per heavy atom. The van der Waals surface area contributed by atoms with E-state index in [1.54, 1.807) is 0 Å². The van der Waals surface area contributed by atoms with E-state index in [1.807, 2.05) is 43.1 Å². The SMILES string of the molecule is CNCC1CCN(C(=O)OCc2ccc(C)cc2)CC1.O=Cc1cn[nH]c1. The number of carbonyl (C=O) groups is 2. The van der Waals surface area contributed by atoms with Crippen molar-refractivity contribution >= 4 is 12.4 Å². The molecule has 1 saturated heterocycles. The van der Waals surface area contributed by atoms with E-state index in [0.29, 0.717) is 18.1 Å². The summed E-state index contributed by atoms with van der Waals surface area (Å²) in [6.45, 7) is 5.05. The highest BCUT2D eigenvalue weighted by Gasteiger charge is 2.23. The van der Waals surface area contributed by atoms with E-state index in [-0.39, 0.29) is 6.09 Å². The number of nitrogens with zero attached hydrogens (tertiary/aromatic N) is 2. The molecule has 1 amide bonds. The van der Waals surface area contributed by atoms with Gasteiger partial charge in [-0.25, -0.2) is 4.79 Å². The van der Waals surface area contributed by atoms with Crippen LogP contribution in [-0.4, -0.2) is 54.2 Å². The highest BCUT2D eigenvalue weighted by atomic mass is 16.6. The number of likely N-dealkylation sites (tertiary alicyclic amines) is 1. The quantitative estimate of drug-likeness (QED) is 0.788. The van der Waals surface area contributed by atoms with Crippen LogP contribution in [0.1, 0.15) is 34.3 Å². The molecule has 1 aliphatic heterocycles. The van der Waals surface area contributed by atoms with Gasteiger partial charge in [-0.2, -0.15) is 5.10 Å². The third-order valence-electron chi connectivity index (χ3n) is 4.50. The van der Waals surface area contributed by atoms with Gasteiger partial charge in [-0.05, 0) is 44.8 Å². The second-order valence-electron chi connectivity index (χ2n) is 6.68. The zero-order chi connectivity index (χ0) is 19.5. The summed E-state index contributed by atoms with van der Waals surface area (Å²) in [6.07, 6.45) is 5.67. The van der Waals surface area contributed by atoms with Crippen molar-refractivity contribution in [2.24, 2.45) is 5.92 Å². The van der Waals surface area contributed by atoms with Crippen molar-refractivity contribution in [3.05, 3.63) is 53.3 Å². The molecular weight excluding hydrogens is 344 g/mol. The van der Waals surface area contributed by atoms with Crippen molar-refractivity contribution in [1.82, 2.24) is 20.4 Å². The van der Waals surface area contributed by atoms with Crippen molar-refractivity contribution in [2.45, 2.75) is 26.4 Å². The van der Waals surface area contributed by atoms with Gasteiger partial charge in [0.05, 0.1) is 11.8 Å². The molecule has 2 N–H and O–H groups in total. The molecule has 0 aliphatic carbocycles. The number of rotatable bonds is 5. The second-order valence-corrected chi connectivity index (χ2v) is 6.68. The highest BCUT2D eigenvalue weighted by Crippen LogP contribution is 2.17. The molecule has 0 bridgehead atoms. The maximum atomic E-state index is 12.0. The molecule has 7 heteroatoms. The van der Waals surface area contributed by atoms with Crippen molar-refractivity contribution in [3.63, 3.8) is 0 Å². The minimum atomic E-state index is -0.187. The van der Waals surface area contributed by atoms with Crippen LogP contribution in [0.3, 0.4) is 0 Å². The Morgan fingerprint density at radius 3 is 2.56 bits per heavy atom. The zero-order valence-electron chi connectivity index (χ0n) is 16.0. The molecule has 0 radical (unpaired) electrons. The molecule has 3 rings (SSSR count). The van der Waals surface area contributed by atoms with Crippen LogP contribution in [0.4, 0.5) is 4.79 Å². The minimum absolute atomic E-state index is 0.187. The summed E-state index contributed by atoms with van der Waals surface area (Å²) in [7, 11) is 1.97. The molecule has 0 unspecified atom stereocenters. The third-order valence-corrected chi connectivity index (χ3v) is 4.50. The second kappa shape index (κ2) is 11.1. The predicted molar refractivity (Wildman–Crippen MR) is 104 cm³/mol. The molecule has 27 heavy (non-hydrogen) atoms. The van der Waals surface area contributed by atoms with Gasteiger partial charge in [0.15, 0.2) is 6.29 Å². The summed E-state index contributed by atoms with van der Waals surface area (Å²) in [5.41, 5.74) is 2.83. The number of nitrogens with one attached hydrogen (secondary N) is 2. The number of aryl methyl sites for hydroxylation is 1. The summed E-state index contributed by atoms with van der Waals surface area (Å²) in [5, 5.41) is 9.23. The topological polar surface area (TPSA) is 87.3 Å². The monoisotopic (exact) mass is 372 g/mol. The first-order chi connectivity index (χ1) is 13.1. The van der Waals surface area contributed by atoms with E-state index in [4.69, 9.17) is 4.74 Å². The molecule has 2 aromatic rings.